The first-order valence-corrected chi connectivity index (χ1v) is 16.6. The van der Waals surface area contributed by atoms with E-state index in [2.05, 4.69) is 10.2 Å². The molecule has 2 aromatic heterocycles. The second-order valence-corrected chi connectivity index (χ2v) is 13.8. The lowest BCUT2D eigenvalue weighted by Gasteiger charge is -2.32. The Kier molecular flexibility index (Phi) is 6.82. The van der Waals surface area contributed by atoms with Crippen molar-refractivity contribution in [3.8, 4) is 0 Å². The van der Waals surface area contributed by atoms with E-state index in [1.54, 1.807) is 29.2 Å². The minimum Gasteiger partial charge on any atom is -0.450 e. The number of hydrogen-bond donors (Lipinski definition) is 0. The van der Waals surface area contributed by atoms with Crippen LogP contribution in [0.3, 0.4) is 0 Å². The molecule has 8 rings (SSSR count). The van der Waals surface area contributed by atoms with Crippen LogP contribution in [0, 0.1) is 6.92 Å². The number of thioether (sulfide) groups is 1. The summed E-state index contributed by atoms with van der Waals surface area (Å²) in [4.78, 5) is 47.0. The van der Waals surface area contributed by atoms with Crippen molar-refractivity contribution >= 4 is 68.3 Å². The highest BCUT2D eigenvalue weighted by Gasteiger charge is 2.66. The molecule has 8 nitrogen and oxygen atoms in total. The normalized spacial score (nSPS) is 16.9. The first-order valence-electron chi connectivity index (χ1n) is 14.4. The summed E-state index contributed by atoms with van der Waals surface area (Å²) in [5.41, 5.74) is 1.91. The van der Waals surface area contributed by atoms with E-state index in [1.807, 2.05) is 79.7 Å². The van der Waals surface area contributed by atoms with Crippen molar-refractivity contribution in [1.82, 2.24) is 10.2 Å². The third-order valence-electron chi connectivity index (χ3n) is 8.33. The van der Waals surface area contributed by atoms with Crippen LogP contribution in [-0.2, 0) is 22.6 Å². The Balaban J connectivity index is 1.32. The number of halogens is 1. The summed E-state index contributed by atoms with van der Waals surface area (Å²) in [6.45, 7) is 2.12. The number of rotatable bonds is 6. The predicted molar refractivity (Wildman–Crippen MR) is 180 cm³/mol. The molecule has 0 fully saturated rings. The average molecular weight is 663 g/mol. The maximum absolute atomic E-state index is 15.1. The largest absolute Gasteiger partial charge is 0.450 e. The molecule has 1 spiro atoms. The van der Waals surface area contributed by atoms with E-state index in [1.165, 1.54) is 28.0 Å². The van der Waals surface area contributed by atoms with Crippen molar-refractivity contribution in [1.29, 1.82) is 0 Å². The van der Waals surface area contributed by atoms with Crippen LogP contribution in [-0.4, -0.2) is 22.0 Å². The Morgan fingerprint density at radius 2 is 1.65 bits per heavy atom. The summed E-state index contributed by atoms with van der Waals surface area (Å²) in [5, 5.41) is 9.95. The summed E-state index contributed by atoms with van der Waals surface area (Å²) < 4.78 is 6.81. The number of fused-ring (bicyclic) bond motifs is 5. The molecule has 0 aliphatic carbocycles. The maximum Gasteiger partial charge on any atom is 0.297 e. The van der Waals surface area contributed by atoms with Gasteiger partial charge in [0.05, 0.1) is 23.2 Å². The van der Waals surface area contributed by atoms with Crippen LogP contribution >= 0.6 is 34.7 Å². The number of amides is 2. The van der Waals surface area contributed by atoms with Crippen LogP contribution in [0.4, 0.5) is 10.8 Å². The number of benzene rings is 4. The zero-order valence-corrected chi connectivity index (χ0v) is 26.7. The van der Waals surface area contributed by atoms with Gasteiger partial charge in [0.15, 0.2) is 15.3 Å². The summed E-state index contributed by atoms with van der Waals surface area (Å²) >= 11 is 8.69. The number of anilines is 2. The third kappa shape index (κ3) is 4.32. The van der Waals surface area contributed by atoms with E-state index in [-0.39, 0.29) is 28.6 Å². The van der Waals surface area contributed by atoms with E-state index < -0.39 is 22.8 Å². The number of nitrogens with zero attached hydrogens (tertiary/aromatic N) is 4. The summed E-state index contributed by atoms with van der Waals surface area (Å²) in [6.07, 6.45) is 0. The van der Waals surface area contributed by atoms with Gasteiger partial charge in [-0.3, -0.25) is 19.3 Å². The van der Waals surface area contributed by atoms with Crippen molar-refractivity contribution in [3.05, 3.63) is 146 Å². The lowest BCUT2D eigenvalue weighted by molar-refractivity contribution is -0.121. The van der Waals surface area contributed by atoms with Gasteiger partial charge in [-0.1, -0.05) is 107 Å². The Morgan fingerprint density at radius 3 is 2.46 bits per heavy atom. The lowest BCUT2D eigenvalue weighted by atomic mass is 9.84. The van der Waals surface area contributed by atoms with Gasteiger partial charge in [-0.2, -0.15) is 0 Å². The van der Waals surface area contributed by atoms with Crippen molar-refractivity contribution in [2.75, 3.05) is 9.80 Å². The summed E-state index contributed by atoms with van der Waals surface area (Å²) in [7, 11) is 0. The highest BCUT2D eigenvalue weighted by molar-refractivity contribution is 8.00. The molecule has 2 aliphatic rings. The van der Waals surface area contributed by atoms with Crippen molar-refractivity contribution in [2.45, 2.75) is 29.1 Å². The van der Waals surface area contributed by atoms with Gasteiger partial charge in [0, 0.05) is 16.3 Å². The minimum atomic E-state index is -1.84. The molecule has 226 valence electrons. The van der Waals surface area contributed by atoms with E-state index in [9.17, 15) is 9.59 Å². The molecule has 0 bridgehead atoms. The molecule has 0 N–H and O–H groups in total. The minimum absolute atomic E-state index is 0.00539. The van der Waals surface area contributed by atoms with Crippen LogP contribution in [0.25, 0.3) is 11.0 Å². The molecule has 2 aliphatic heterocycles. The first-order chi connectivity index (χ1) is 22.4. The molecule has 2 amide bonds. The van der Waals surface area contributed by atoms with Crippen molar-refractivity contribution in [3.63, 3.8) is 0 Å². The highest BCUT2D eigenvalue weighted by Crippen LogP contribution is 2.55. The van der Waals surface area contributed by atoms with Crippen LogP contribution in [0.2, 0.25) is 5.02 Å². The van der Waals surface area contributed by atoms with Gasteiger partial charge in [0.2, 0.25) is 10.9 Å². The predicted octanol–water partition coefficient (Wildman–Crippen LogP) is 7.35. The van der Waals surface area contributed by atoms with Gasteiger partial charge in [0.1, 0.15) is 5.58 Å². The molecule has 4 heterocycles. The fourth-order valence-corrected chi connectivity index (χ4v) is 8.25. The van der Waals surface area contributed by atoms with Gasteiger partial charge in [-0.25, -0.2) is 0 Å². The molecule has 1 atom stereocenters. The molecular formula is C35H23ClN4O4S2. The summed E-state index contributed by atoms with van der Waals surface area (Å²) in [5.74, 6) is -0.626. The average Bonchev–Trinajstić information content (AvgIpc) is 3.71. The van der Waals surface area contributed by atoms with E-state index in [4.69, 9.17) is 16.0 Å². The van der Waals surface area contributed by atoms with Gasteiger partial charge in [-0.05, 0) is 48.4 Å². The zero-order chi connectivity index (χ0) is 31.6. The van der Waals surface area contributed by atoms with Crippen LogP contribution in [0.1, 0.15) is 38.4 Å². The molecule has 1 unspecified atom stereocenters. The van der Waals surface area contributed by atoms with Gasteiger partial charge in [0.25, 0.3) is 11.8 Å². The van der Waals surface area contributed by atoms with Gasteiger partial charge < -0.3 is 9.32 Å². The number of para-hydroxylation sites is 1. The maximum atomic E-state index is 15.1. The van der Waals surface area contributed by atoms with Crippen molar-refractivity contribution in [2.24, 2.45) is 0 Å². The second-order valence-electron chi connectivity index (χ2n) is 11.1. The zero-order valence-electron chi connectivity index (χ0n) is 24.3. The van der Waals surface area contributed by atoms with E-state index in [0.717, 1.165) is 16.7 Å². The smallest absolute Gasteiger partial charge is 0.297 e. The number of carbonyl (C=O) groups is 2. The second kappa shape index (κ2) is 10.9. The SMILES string of the molecule is Cc1ccc2oc3c(c(=O)c2c1)C1(C(=O)N(Cc2ccccc2)c2ccccc21)N(c1nnc(SCc2ccc(Cl)cc2)s1)C3=O. The molecule has 4 aromatic carbocycles. The molecule has 6 aromatic rings. The van der Waals surface area contributed by atoms with E-state index in [0.29, 0.717) is 31.8 Å². The fraction of sp³-hybridized carbons (Fsp3) is 0.114. The van der Waals surface area contributed by atoms with Crippen molar-refractivity contribution < 1.29 is 14.0 Å². The number of carbonyl (C=O) groups excluding carboxylic acids is 2. The highest BCUT2D eigenvalue weighted by atomic mass is 35.5. The molecular weight excluding hydrogens is 640 g/mol. The van der Waals surface area contributed by atoms with Gasteiger partial charge in [-0.15, -0.1) is 10.2 Å². The first kappa shape index (κ1) is 28.7. The molecule has 0 radical (unpaired) electrons. The van der Waals surface area contributed by atoms with Gasteiger partial charge >= 0.3 is 0 Å². The lowest BCUT2D eigenvalue weighted by Crippen LogP contribution is -2.53. The molecule has 46 heavy (non-hydrogen) atoms. The molecule has 11 heteroatoms. The fourth-order valence-electron chi connectivity index (χ4n) is 6.28. The Hall–Kier alpha value is -4.77. The molecule has 0 saturated heterocycles. The van der Waals surface area contributed by atoms with Crippen LogP contribution in [0.5, 0.6) is 0 Å². The van der Waals surface area contributed by atoms with Crippen LogP contribution in [0.15, 0.2) is 111 Å². The van der Waals surface area contributed by atoms with Crippen LogP contribution < -0.4 is 15.2 Å². The monoisotopic (exact) mass is 662 g/mol. The standard InChI is InChI=1S/C35H23ClN4O4S2/c1-20-11-16-27-24(17-20)29(41)28-30(44-27)31(42)40(33-37-38-34(46-33)45-19-22-12-14-23(36)15-13-22)35(28)25-9-5-6-10-26(25)39(32(35)43)18-21-7-3-2-4-8-21/h2-17H,18-19H2,1H3. The quantitative estimate of drug-likeness (QED) is 0.136. The third-order valence-corrected chi connectivity index (χ3v) is 10.7. The number of aromatic nitrogens is 2. The Morgan fingerprint density at radius 1 is 0.891 bits per heavy atom. The Labute approximate surface area is 276 Å². The topological polar surface area (TPSA) is 96.6 Å². The number of hydrogen-bond acceptors (Lipinski definition) is 8. The van der Waals surface area contributed by atoms with E-state index >= 15 is 4.79 Å². The Bertz CT molecular complexity index is 2250. The molecule has 0 saturated carbocycles. The number of aryl methyl sites for hydroxylation is 1. The summed E-state index contributed by atoms with van der Waals surface area (Å²) in [6, 6.07) is 29.6.